The maximum Gasteiger partial charge on any atom is 0.287 e. The molecule has 0 bridgehead atoms. The zero-order chi connectivity index (χ0) is 15.5. The summed E-state index contributed by atoms with van der Waals surface area (Å²) in [7, 11) is 0.324. The number of hydrogen-bond acceptors (Lipinski definition) is 5. The van der Waals surface area contributed by atoms with Gasteiger partial charge in [-0.3, -0.25) is 9.00 Å². The molecule has 0 spiro atoms. The molecule has 0 aliphatic carbocycles. The van der Waals surface area contributed by atoms with E-state index in [1.165, 1.54) is 6.92 Å². The SMILES string of the molecule is Cc1oc(C(=O)NCCC(C)S(C)=O)cc1S(=O)(=O)Cl. The highest BCUT2D eigenvalue weighted by molar-refractivity contribution is 8.13. The first-order valence-electron chi connectivity index (χ1n) is 5.78. The number of furan rings is 1. The number of aryl methyl sites for hydroxylation is 1. The predicted molar refractivity (Wildman–Crippen MR) is 77.0 cm³/mol. The van der Waals surface area contributed by atoms with Gasteiger partial charge in [-0.2, -0.15) is 0 Å². The minimum atomic E-state index is -3.93. The molecule has 0 saturated carbocycles. The molecule has 1 aromatic rings. The molecule has 1 amide bonds. The third-order valence-electron chi connectivity index (χ3n) is 2.76. The Labute approximate surface area is 124 Å². The Balaban J connectivity index is 2.68. The Morgan fingerprint density at radius 2 is 2.15 bits per heavy atom. The quantitative estimate of drug-likeness (QED) is 0.789. The number of nitrogens with one attached hydrogen (secondary N) is 1. The zero-order valence-electron chi connectivity index (χ0n) is 11.3. The van der Waals surface area contributed by atoms with Crippen molar-refractivity contribution in [2.45, 2.75) is 30.4 Å². The van der Waals surface area contributed by atoms with Crippen LogP contribution in [-0.2, 0) is 19.9 Å². The van der Waals surface area contributed by atoms with E-state index in [4.69, 9.17) is 15.1 Å². The van der Waals surface area contributed by atoms with E-state index in [9.17, 15) is 17.4 Å². The fourth-order valence-corrected chi connectivity index (χ4v) is 3.00. The second-order valence-electron chi connectivity index (χ2n) is 4.32. The first kappa shape index (κ1) is 17.2. The molecule has 0 fully saturated rings. The summed E-state index contributed by atoms with van der Waals surface area (Å²) in [6.07, 6.45) is 2.15. The van der Waals surface area contributed by atoms with Crippen LogP contribution in [0.5, 0.6) is 0 Å². The van der Waals surface area contributed by atoms with Crippen LogP contribution in [0.15, 0.2) is 15.4 Å². The molecule has 1 aromatic heterocycles. The molecule has 9 heteroatoms. The summed E-state index contributed by atoms with van der Waals surface area (Å²) < 4.78 is 38.6. The zero-order valence-corrected chi connectivity index (χ0v) is 13.7. The summed E-state index contributed by atoms with van der Waals surface area (Å²) in [4.78, 5) is 11.6. The number of carbonyl (C=O) groups excluding carboxylic acids is 1. The van der Waals surface area contributed by atoms with Crippen molar-refractivity contribution >= 4 is 36.4 Å². The Kier molecular flexibility index (Phi) is 5.79. The molecule has 0 radical (unpaired) electrons. The Hall–Kier alpha value is -0.860. The minimum absolute atomic E-state index is 0.0348. The second-order valence-corrected chi connectivity index (χ2v) is 8.66. The molecule has 1 heterocycles. The van der Waals surface area contributed by atoms with E-state index in [-0.39, 0.29) is 21.7 Å². The molecule has 0 saturated heterocycles. The third kappa shape index (κ3) is 4.60. The van der Waals surface area contributed by atoms with Crippen molar-refractivity contribution in [3.05, 3.63) is 17.6 Å². The summed E-state index contributed by atoms with van der Waals surface area (Å²) >= 11 is 0. The number of rotatable bonds is 6. The normalized spacial score (nSPS) is 14.8. The van der Waals surface area contributed by atoms with Gasteiger partial charge in [0, 0.05) is 45.6 Å². The summed E-state index contributed by atoms with van der Waals surface area (Å²) in [6.45, 7) is 3.55. The number of halogens is 1. The van der Waals surface area contributed by atoms with Crippen molar-refractivity contribution in [2.75, 3.05) is 12.8 Å². The lowest BCUT2D eigenvalue weighted by Crippen LogP contribution is -2.27. The van der Waals surface area contributed by atoms with Crippen molar-refractivity contribution < 1.29 is 21.8 Å². The van der Waals surface area contributed by atoms with Crippen molar-refractivity contribution in [3.8, 4) is 0 Å². The van der Waals surface area contributed by atoms with Crippen LogP contribution in [0.2, 0.25) is 0 Å². The van der Waals surface area contributed by atoms with Gasteiger partial charge in [0.15, 0.2) is 5.76 Å². The standard InChI is InChI=1S/C11H16ClNO5S2/c1-7(19(3)15)4-5-13-11(14)9-6-10(8(2)18-9)20(12,16)17/h6-7H,4-5H2,1-3H3,(H,13,14). The van der Waals surface area contributed by atoms with Gasteiger partial charge in [0.2, 0.25) is 0 Å². The lowest BCUT2D eigenvalue weighted by molar-refractivity contribution is 0.0924. The third-order valence-corrected chi connectivity index (χ3v) is 5.56. The largest absolute Gasteiger partial charge is 0.455 e. The van der Waals surface area contributed by atoms with Gasteiger partial charge in [-0.25, -0.2) is 8.42 Å². The lowest BCUT2D eigenvalue weighted by Gasteiger charge is -2.08. The summed E-state index contributed by atoms with van der Waals surface area (Å²) in [5.41, 5.74) is 0. The first-order valence-corrected chi connectivity index (χ1v) is 9.71. The summed E-state index contributed by atoms with van der Waals surface area (Å²) in [5.74, 6) is -0.589. The number of carbonyl (C=O) groups is 1. The van der Waals surface area contributed by atoms with Crippen LogP contribution in [0.25, 0.3) is 0 Å². The van der Waals surface area contributed by atoms with E-state index < -0.39 is 25.8 Å². The molecule has 1 rings (SSSR count). The van der Waals surface area contributed by atoms with Gasteiger partial charge in [-0.05, 0) is 13.3 Å². The lowest BCUT2D eigenvalue weighted by atomic mass is 10.3. The van der Waals surface area contributed by atoms with Crippen molar-refractivity contribution in [1.82, 2.24) is 5.32 Å². The van der Waals surface area contributed by atoms with Crippen molar-refractivity contribution in [3.63, 3.8) is 0 Å². The van der Waals surface area contributed by atoms with E-state index in [0.29, 0.717) is 13.0 Å². The number of hydrogen-bond donors (Lipinski definition) is 1. The smallest absolute Gasteiger partial charge is 0.287 e. The van der Waals surface area contributed by atoms with Crippen LogP contribution < -0.4 is 5.32 Å². The fourth-order valence-electron chi connectivity index (χ4n) is 1.46. The molecule has 2 atom stereocenters. The highest BCUT2D eigenvalue weighted by atomic mass is 35.7. The van der Waals surface area contributed by atoms with Gasteiger partial charge >= 0.3 is 0 Å². The fraction of sp³-hybridized carbons (Fsp3) is 0.545. The average Bonchev–Trinajstić information content (AvgIpc) is 2.70. The summed E-state index contributed by atoms with van der Waals surface area (Å²) in [5, 5.41) is 2.54. The first-order chi connectivity index (χ1) is 9.12. The molecule has 0 aliphatic heterocycles. The Morgan fingerprint density at radius 1 is 1.55 bits per heavy atom. The van der Waals surface area contributed by atoms with E-state index in [1.54, 1.807) is 6.26 Å². The molecular formula is C11H16ClNO5S2. The summed E-state index contributed by atoms with van der Waals surface area (Å²) in [6, 6.07) is 1.09. The average molecular weight is 342 g/mol. The van der Waals surface area contributed by atoms with Gasteiger partial charge in [0.25, 0.3) is 15.0 Å². The van der Waals surface area contributed by atoms with Crippen LogP contribution in [-0.4, -0.2) is 36.6 Å². The van der Waals surface area contributed by atoms with Gasteiger partial charge < -0.3 is 9.73 Å². The highest BCUT2D eigenvalue weighted by Gasteiger charge is 2.22. The van der Waals surface area contributed by atoms with Gasteiger partial charge in [0.1, 0.15) is 10.7 Å². The van der Waals surface area contributed by atoms with Crippen LogP contribution in [0.1, 0.15) is 29.7 Å². The monoisotopic (exact) mass is 341 g/mol. The van der Waals surface area contributed by atoms with Crippen LogP contribution in [0.4, 0.5) is 0 Å². The maximum absolute atomic E-state index is 11.8. The van der Waals surface area contributed by atoms with Gasteiger partial charge in [-0.15, -0.1) is 0 Å². The molecule has 2 unspecified atom stereocenters. The minimum Gasteiger partial charge on any atom is -0.455 e. The van der Waals surface area contributed by atoms with Crippen LogP contribution >= 0.6 is 10.7 Å². The molecule has 0 aromatic carbocycles. The molecule has 1 N–H and O–H groups in total. The van der Waals surface area contributed by atoms with E-state index in [2.05, 4.69) is 5.32 Å². The van der Waals surface area contributed by atoms with E-state index >= 15 is 0 Å². The van der Waals surface area contributed by atoms with Crippen molar-refractivity contribution in [1.29, 1.82) is 0 Å². The number of amides is 1. The predicted octanol–water partition coefficient (Wildman–Crippen LogP) is 1.40. The van der Waals surface area contributed by atoms with Crippen molar-refractivity contribution in [2.24, 2.45) is 0 Å². The molecular weight excluding hydrogens is 326 g/mol. The van der Waals surface area contributed by atoms with Gasteiger partial charge in [-0.1, -0.05) is 6.92 Å². The maximum atomic E-state index is 11.8. The second kappa shape index (κ2) is 6.73. The molecule has 6 nitrogen and oxygen atoms in total. The topological polar surface area (TPSA) is 93.4 Å². The Bertz CT molecular complexity index is 623. The molecule has 114 valence electrons. The Morgan fingerprint density at radius 3 is 2.60 bits per heavy atom. The van der Waals surface area contributed by atoms with E-state index in [0.717, 1.165) is 6.07 Å². The molecule has 20 heavy (non-hydrogen) atoms. The van der Waals surface area contributed by atoms with E-state index in [1.807, 2.05) is 6.92 Å². The molecule has 0 aliphatic rings. The highest BCUT2D eigenvalue weighted by Crippen LogP contribution is 2.23. The van der Waals surface area contributed by atoms with Crippen LogP contribution in [0.3, 0.4) is 0 Å². The van der Waals surface area contributed by atoms with Crippen LogP contribution in [0, 0.1) is 6.92 Å². The van der Waals surface area contributed by atoms with Gasteiger partial charge in [0.05, 0.1) is 0 Å².